The van der Waals surface area contributed by atoms with Crippen molar-refractivity contribution >= 4 is 27.3 Å². The highest BCUT2D eigenvalue weighted by Gasteiger charge is 2.56. The number of rotatable bonds is 4. The molecule has 182 valence electrons. The average molecular weight is 493 g/mol. The Morgan fingerprint density at radius 2 is 1.88 bits per heavy atom. The first kappa shape index (κ1) is 24.2. The summed E-state index contributed by atoms with van der Waals surface area (Å²) >= 11 is 0. The summed E-state index contributed by atoms with van der Waals surface area (Å²) < 4.78 is 59.1. The third-order valence-electron chi connectivity index (χ3n) is 6.76. The predicted molar refractivity (Wildman–Crippen MR) is 123 cm³/mol. The SMILES string of the molecule is CC1(c2cc(NC(=O)c3ccc(F)cn3)ccc2F)CS(=O)(=O)C(C)(C2CCOCC2)C(N)=N1. The Bertz CT molecular complexity index is 1250. The van der Waals surface area contributed by atoms with Crippen LogP contribution in [0.3, 0.4) is 0 Å². The molecule has 1 fully saturated rings. The third-order valence-corrected chi connectivity index (χ3v) is 9.53. The van der Waals surface area contributed by atoms with Crippen LogP contribution in [0, 0.1) is 17.6 Å². The number of aliphatic imine (C=N–C) groups is 1. The molecule has 2 aliphatic heterocycles. The van der Waals surface area contributed by atoms with Crippen molar-refractivity contribution in [1.29, 1.82) is 0 Å². The maximum atomic E-state index is 14.9. The maximum absolute atomic E-state index is 14.9. The fourth-order valence-electron chi connectivity index (χ4n) is 4.66. The minimum absolute atomic E-state index is 0.0158. The lowest BCUT2D eigenvalue weighted by Crippen LogP contribution is -2.61. The Kier molecular flexibility index (Phi) is 6.19. The summed E-state index contributed by atoms with van der Waals surface area (Å²) in [5.74, 6) is -2.65. The van der Waals surface area contributed by atoms with Crippen molar-refractivity contribution in [2.45, 2.75) is 37.0 Å². The largest absolute Gasteiger partial charge is 0.386 e. The number of nitrogens with one attached hydrogen (secondary N) is 1. The molecule has 1 saturated heterocycles. The number of benzene rings is 1. The van der Waals surface area contributed by atoms with Crippen molar-refractivity contribution in [3.63, 3.8) is 0 Å². The smallest absolute Gasteiger partial charge is 0.274 e. The Hall–Kier alpha value is -2.92. The number of sulfone groups is 1. The van der Waals surface area contributed by atoms with Gasteiger partial charge in [-0.3, -0.25) is 9.79 Å². The molecule has 34 heavy (non-hydrogen) atoms. The van der Waals surface area contributed by atoms with Gasteiger partial charge in [0.2, 0.25) is 0 Å². The van der Waals surface area contributed by atoms with Crippen LogP contribution in [0.15, 0.2) is 41.5 Å². The molecule has 11 heteroatoms. The Balaban J connectivity index is 1.68. The topological polar surface area (TPSA) is 124 Å². The lowest BCUT2D eigenvalue weighted by Gasteiger charge is -2.44. The van der Waals surface area contributed by atoms with Crippen LogP contribution in [0.2, 0.25) is 0 Å². The fraction of sp³-hybridized carbons (Fsp3) is 0.435. The van der Waals surface area contributed by atoms with Gasteiger partial charge in [-0.1, -0.05) is 0 Å². The van der Waals surface area contributed by atoms with Crippen molar-refractivity contribution in [1.82, 2.24) is 4.98 Å². The zero-order valence-corrected chi connectivity index (χ0v) is 19.7. The number of amidine groups is 1. The Morgan fingerprint density at radius 1 is 1.18 bits per heavy atom. The molecule has 0 radical (unpaired) electrons. The van der Waals surface area contributed by atoms with Crippen molar-refractivity contribution in [3.8, 4) is 0 Å². The van der Waals surface area contributed by atoms with E-state index in [-0.39, 0.29) is 28.7 Å². The van der Waals surface area contributed by atoms with E-state index in [4.69, 9.17) is 10.5 Å². The van der Waals surface area contributed by atoms with Gasteiger partial charge in [-0.15, -0.1) is 0 Å². The summed E-state index contributed by atoms with van der Waals surface area (Å²) in [4.78, 5) is 20.7. The van der Waals surface area contributed by atoms with E-state index in [1.807, 2.05) is 0 Å². The van der Waals surface area contributed by atoms with Gasteiger partial charge in [0, 0.05) is 24.5 Å². The number of hydrogen-bond donors (Lipinski definition) is 2. The molecule has 0 bridgehead atoms. The summed E-state index contributed by atoms with van der Waals surface area (Å²) in [5, 5.41) is 2.57. The van der Waals surface area contributed by atoms with Crippen LogP contribution >= 0.6 is 0 Å². The molecule has 2 aromatic rings. The lowest BCUT2D eigenvalue weighted by molar-refractivity contribution is 0.0609. The molecule has 3 N–H and O–H groups in total. The van der Waals surface area contributed by atoms with Gasteiger partial charge < -0.3 is 15.8 Å². The summed E-state index contributed by atoms with van der Waals surface area (Å²) in [6, 6.07) is 6.10. The van der Waals surface area contributed by atoms with Gasteiger partial charge in [-0.25, -0.2) is 22.2 Å². The third kappa shape index (κ3) is 4.18. The van der Waals surface area contributed by atoms with Crippen LogP contribution < -0.4 is 11.1 Å². The molecule has 1 aromatic carbocycles. The van der Waals surface area contributed by atoms with Gasteiger partial charge in [0.1, 0.15) is 33.4 Å². The predicted octanol–water partition coefficient (Wildman–Crippen LogP) is 2.80. The van der Waals surface area contributed by atoms with Gasteiger partial charge >= 0.3 is 0 Å². The van der Waals surface area contributed by atoms with Crippen molar-refractivity contribution in [3.05, 3.63) is 59.4 Å². The molecule has 0 spiro atoms. The number of nitrogens with zero attached hydrogens (tertiary/aromatic N) is 2. The average Bonchev–Trinajstić information content (AvgIpc) is 2.79. The van der Waals surface area contributed by atoms with Crippen LogP contribution in [-0.4, -0.2) is 48.9 Å². The Morgan fingerprint density at radius 3 is 2.50 bits per heavy atom. The Labute approximate surface area is 196 Å². The number of carbonyl (C=O) groups excluding carboxylic acids is 1. The molecule has 2 aliphatic rings. The van der Waals surface area contributed by atoms with Crippen molar-refractivity contribution < 1.29 is 26.7 Å². The molecular formula is C23H26F2N4O4S. The second-order valence-corrected chi connectivity index (χ2v) is 11.4. The van der Waals surface area contributed by atoms with Crippen molar-refractivity contribution in [2.24, 2.45) is 16.6 Å². The first-order valence-electron chi connectivity index (χ1n) is 10.8. The lowest BCUT2D eigenvalue weighted by atomic mass is 9.84. The zero-order valence-electron chi connectivity index (χ0n) is 18.8. The molecule has 1 amide bonds. The molecule has 2 atom stereocenters. The maximum Gasteiger partial charge on any atom is 0.274 e. The van der Waals surface area contributed by atoms with E-state index >= 15 is 0 Å². The number of anilines is 1. The monoisotopic (exact) mass is 492 g/mol. The molecule has 1 aromatic heterocycles. The summed E-state index contributed by atoms with van der Waals surface area (Å²) in [5.41, 5.74) is 4.95. The molecule has 0 saturated carbocycles. The summed E-state index contributed by atoms with van der Waals surface area (Å²) in [7, 11) is -3.84. The quantitative estimate of drug-likeness (QED) is 0.677. The van der Waals surface area contributed by atoms with Crippen LogP contribution in [0.1, 0.15) is 42.7 Å². The van der Waals surface area contributed by atoms with Crippen LogP contribution in [0.4, 0.5) is 14.5 Å². The zero-order chi connectivity index (χ0) is 24.7. The second kappa shape index (κ2) is 8.70. The molecule has 3 heterocycles. The highest BCUT2D eigenvalue weighted by Crippen LogP contribution is 2.43. The minimum atomic E-state index is -3.84. The second-order valence-electron chi connectivity index (χ2n) is 9.03. The van der Waals surface area contributed by atoms with E-state index in [1.54, 1.807) is 6.92 Å². The van der Waals surface area contributed by atoms with Gasteiger partial charge in [0.15, 0.2) is 9.84 Å². The first-order valence-corrected chi connectivity index (χ1v) is 12.5. The number of halogens is 2. The van der Waals surface area contributed by atoms with Crippen molar-refractivity contribution in [2.75, 3.05) is 24.3 Å². The number of aromatic nitrogens is 1. The molecule has 0 aliphatic carbocycles. The van der Waals surface area contributed by atoms with E-state index in [0.29, 0.717) is 26.1 Å². The number of nitrogens with two attached hydrogens (primary N) is 1. The van der Waals surface area contributed by atoms with E-state index in [1.165, 1.54) is 25.1 Å². The standard InChI is InChI=1S/C23H26F2N4O4S/c1-22(13-34(31,32)23(2,21(26)29-22)14-7-9-33-10-8-14)17-11-16(4-5-18(17)25)28-20(30)19-6-3-15(24)12-27-19/h3-6,11-12,14H,7-10,13H2,1-2H3,(H2,26,29)(H,28,30). The highest BCUT2D eigenvalue weighted by molar-refractivity contribution is 7.93. The summed E-state index contributed by atoms with van der Waals surface area (Å²) in [6.45, 7) is 3.98. The molecular weight excluding hydrogens is 466 g/mol. The normalized spacial score (nSPS) is 27.1. The number of ether oxygens (including phenoxy) is 1. The fourth-order valence-corrected chi connectivity index (χ4v) is 7.03. The van der Waals surface area contributed by atoms with Gasteiger partial charge in [0.25, 0.3) is 5.91 Å². The highest BCUT2D eigenvalue weighted by atomic mass is 32.2. The van der Waals surface area contributed by atoms with Gasteiger partial charge in [-0.05, 0) is 62.9 Å². The number of hydrogen-bond acceptors (Lipinski definition) is 7. The van der Waals surface area contributed by atoms with E-state index in [0.717, 1.165) is 18.3 Å². The molecule has 4 rings (SSSR count). The first-order chi connectivity index (χ1) is 16.0. The molecule has 8 nitrogen and oxygen atoms in total. The number of pyridine rings is 1. The summed E-state index contributed by atoms with van der Waals surface area (Å²) in [6.07, 6.45) is 1.98. The molecule has 2 unspecified atom stereocenters. The van der Waals surface area contributed by atoms with E-state index in [2.05, 4.69) is 15.3 Å². The van der Waals surface area contributed by atoms with E-state index < -0.39 is 43.4 Å². The number of carbonyl (C=O) groups is 1. The van der Waals surface area contributed by atoms with Crippen LogP contribution in [0.25, 0.3) is 0 Å². The van der Waals surface area contributed by atoms with Gasteiger partial charge in [0.05, 0.1) is 11.9 Å². The number of amides is 1. The van der Waals surface area contributed by atoms with E-state index in [9.17, 15) is 22.0 Å². The van der Waals surface area contributed by atoms with Gasteiger partial charge in [-0.2, -0.15) is 0 Å². The van der Waals surface area contributed by atoms with Crippen LogP contribution in [-0.2, 0) is 20.1 Å². The van der Waals surface area contributed by atoms with Crippen LogP contribution in [0.5, 0.6) is 0 Å². The minimum Gasteiger partial charge on any atom is -0.386 e.